The molecular weight excluding hydrogens is 315 g/mol. The highest BCUT2D eigenvalue weighted by Crippen LogP contribution is 2.14. The summed E-state index contributed by atoms with van der Waals surface area (Å²) < 4.78 is 23.7. The van der Waals surface area contributed by atoms with Gasteiger partial charge in [0.05, 0.1) is 0 Å². The van der Waals surface area contributed by atoms with Gasteiger partial charge in [0.2, 0.25) is 0 Å². The van der Waals surface area contributed by atoms with Gasteiger partial charge in [-0.15, -0.1) is 0 Å². The third-order valence-electron chi connectivity index (χ3n) is 3.44. The number of carbonyl (C=O) groups is 2. The Morgan fingerprint density at radius 2 is 1.75 bits per heavy atom. The predicted octanol–water partition coefficient (Wildman–Crippen LogP) is 2.28. The number of piperazine rings is 1. The Balaban J connectivity index is 1.77. The number of benzene rings is 1. The molecule has 1 saturated heterocycles. The number of hydrogen-bond acceptors (Lipinski definition) is 4. The van der Waals surface area contributed by atoms with Crippen molar-refractivity contribution in [2.75, 3.05) is 32.8 Å². The number of rotatable bonds is 3. The van der Waals surface area contributed by atoms with Crippen molar-refractivity contribution in [3.8, 4) is 5.75 Å². The standard InChI is InChI=1S/C17H23FN2O4/c1-17(2,3)24-16(22)20-9-7-19(8-10-20)15(21)12-23-14-6-4-5-13(18)11-14/h4-6,11H,7-10,12H2,1-3H3. The van der Waals surface area contributed by atoms with Gasteiger partial charge in [0.25, 0.3) is 5.91 Å². The van der Waals surface area contributed by atoms with Crippen LogP contribution in [0.25, 0.3) is 0 Å². The van der Waals surface area contributed by atoms with Crippen LogP contribution in [0.4, 0.5) is 9.18 Å². The van der Waals surface area contributed by atoms with Crippen LogP contribution in [-0.4, -0.2) is 60.2 Å². The van der Waals surface area contributed by atoms with Gasteiger partial charge in [0.1, 0.15) is 17.2 Å². The number of ether oxygens (including phenoxy) is 2. The van der Waals surface area contributed by atoms with E-state index in [2.05, 4.69) is 0 Å². The van der Waals surface area contributed by atoms with Gasteiger partial charge < -0.3 is 19.3 Å². The van der Waals surface area contributed by atoms with Gasteiger partial charge in [-0.3, -0.25) is 4.79 Å². The Morgan fingerprint density at radius 1 is 1.12 bits per heavy atom. The van der Waals surface area contributed by atoms with Crippen molar-refractivity contribution in [1.29, 1.82) is 0 Å². The van der Waals surface area contributed by atoms with E-state index in [-0.39, 0.29) is 18.6 Å². The number of carbonyl (C=O) groups excluding carboxylic acids is 2. The molecule has 24 heavy (non-hydrogen) atoms. The lowest BCUT2D eigenvalue weighted by atomic mass is 10.2. The summed E-state index contributed by atoms with van der Waals surface area (Å²) in [6.45, 7) is 6.96. The first kappa shape index (κ1) is 18.0. The van der Waals surface area contributed by atoms with Crippen molar-refractivity contribution < 1.29 is 23.5 Å². The minimum atomic E-state index is -0.539. The Morgan fingerprint density at radius 3 is 2.33 bits per heavy atom. The summed E-state index contributed by atoms with van der Waals surface area (Å²) in [5, 5.41) is 0. The minimum absolute atomic E-state index is 0.157. The SMILES string of the molecule is CC(C)(C)OC(=O)N1CCN(C(=O)COc2cccc(F)c2)CC1. The summed E-state index contributed by atoms with van der Waals surface area (Å²) in [4.78, 5) is 27.3. The average molecular weight is 338 g/mol. The fraction of sp³-hybridized carbons (Fsp3) is 0.529. The van der Waals surface area contributed by atoms with Crippen molar-refractivity contribution in [3.63, 3.8) is 0 Å². The fourth-order valence-corrected chi connectivity index (χ4v) is 2.26. The molecule has 0 aromatic heterocycles. The molecule has 0 unspecified atom stereocenters. The predicted molar refractivity (Wildman–Crippen MR) is 86.3 cm³/mol. The Kier molecular flexibility index (Phi) is 5.64. The molecule has 1 aliphatic rings. The molecule has 0 bridgehead atoms. The van der Waals surface area contributed by atoms with Crippen LogP contribution in [0.5, 0.6) is 5.75 Å². The summed E-state index contributed by atoms with van der Waals surface area (Å²) in [6, 6.07) is 5.66. The van der Waals surface area contributed by atoms with Crippen LogP contribution in [0.15, 0.2) is 24.3 Å². The molecule has 2 amide bonds. The minimum Gasteiger partial charge on any atom is -0.484 e. The third-order valence-corrected chi connectivity index (χ3v) is 3.44. The van der Waals surface area contributed by atoms with E-state index in [1.54, 1.807) is 15.9 Å². The molecule has 132 valence electrons. The topological polar surface area (TPSA) is 59.1 Å². The van der Waals surface area contributed by atoms with Crippen LogP contribution < -0.4 is 4.74 Å². The van der Waals surface area contributed by atoms with Gasteiger partial charge in [0.15, 0.2) is 6.61 Å². The first-order chi connectivity index (χ1) is 11.2. The highest BCUT2D eigenvalue weighted by atomic mass is 19.1. The summed E-state index contributed by atoms with van der Waals surface area (Å²) in [5.41, 5.74) is -0.539. The van der Waals surface area contributed by atoms with Crippen LogP contribution in [0.1, 0.15) is 20.8 Å². The third kappa shape index (κ3) is 5.40. The van der Waals surface area contributed by atoms with Crippen molar-refractivity contribution in [2.24, 2.45) is 0 Å². The molecule has 7 heteroatoms. The van der Waals surface area contributed by atoms with Crippen LogP contribution >= 0.6 is 0 Å². The maximum Gasteiger partial charge on any atom is 0.410 e. The number of nitrogens with zero attached hydrogens (tertiary/aromatic N) is 2. The second kappa shape index (κ2) is 7.51. The quantitative estimate of drug-likeness (QED) is 0.848. The molecule has 1 heterocycles. The zero-order valence-electron chi connectivity index (χ0n) is 14.3. The van der Waals surface area contributed by atoms with E-state index >= 15 is 0 Å². The number of hydrogen-bond donors (Lipinski definition) is 0. The van der Waals surface area contributed by atoms with Crippen LogP contribution in [0.3, 0.4) is 0 Å². The van der Waals surface area contributed by atoms with E-state index in [9.17, 15) is 14.0 Å². The van der Waals surface area contributed by atoms with E-state index in [4.69, 9.17) is 9.47 Å². The lowest BCUT2D eigenvalue weighted by molar-refractivity contribution is -0.135. The van der Waals surface area contributed by atoms with Crippen molar-refractivity contribution in [2.45, 2.75) is 26.4 Å². The molecule has 1 aromatic rings. The molecule has 1 aromatic carbocycles. The van der Waals surface area contributed by atoms with E-state index in [0.717, 1.165) is 0 Å². The monoisotopic (exact) mass is 338 g/mol. The molecule has 0 aliphatic carbocycles. The van der Waals surface area contributed by atoms with Gasteiger partial charge in [-0.25, -0.2) is 9.18 Å². The van der Waals surface area contributed by atoms with Gasteiger partial charge in [0, 0.05) is 32.2 Å². The smallest absolute Gasteiger partial charge is 0.410 e. The van der Waals surface area contributed by atoms with E-state index < -0.39 is 11.4 Å². The molecule has 0 saturated carbocycles. The van der Waals surface area contributed by atoms with Gasteiger partial charge in [-0.1, -0.05) is 6.07 Å². The highest BCUT2D eigenvalue weighted by Gasteiger charge is 2.27. The summed E-state index contributed by atoms with van der Waals surface area (Å²) in [5.74, 6) is -0.287. The van der Waals surface area contributed by atoms with Crippen LogP contribution in [0.2, 0.25) is 0 Å². The molecule has 2 rings (SSSR count). The Labute approximate surface area is 141 Å². The second-order valence-electron chi connectivity index (χ2n) is 6.59. The molecule has 1 aliphatic heterocycles. The van der Waals surface area contributed by atoms with Gasteiger partial charge in [-0.2, -0.15) is 0 Å². The molecule has 1 fully saturated rings. The van der Waals surface area contributed by atoms with E-state index in [0.29, 0.717) is 31.9 Å². The Hall–Kier alpha value is -2.31. The summed E-state index contributed by atoms with van der Waals surface area (Å²) in [6.07, 6.45) is -0.370. The lowest BCUT2D eigenvalue weighted by Crippen LogP contribution is -2.52. The van der Waals surface area contributed by atoms with Crippen molar-refractivity contribution >= 4 is 12.0 Å². The number of halogens is 1. The Bertz CT molecular complexity index is 592. The first-order valence-electron chi connectivity index (χ1n) is 7.89. The zero-order valence-corrected chi connectivity index (χ0v) is 14.3. The van der Waals surface area contributed by atoms with E-state index in [1.165, 1.54) is 18.2 Å². The van der Waals surface area contributed by atoms with Crippen molar-refractivity contribution in [3.05, 3.63) is 30.1 Å². The molecule has 0 N–H and O–H groups in total. The second-order valence-corrected chi connectivity index (χ2v) is 6.59. The molecule has 0 radical (unpaired) electrons. The van der Waals surface area contributed by atoms with Gasteiger partial charge in [-0.05, 0) is 32.9 Å². The molecule has 0 atom stereocenters. The molecule has 0 spiro atoms. The molecule has 6 nitrogen and oxygen atoms in total. The van der Waals surface area contributed by atoms with Gasteiger partial charge >= 0.3 is 6.09 Å². The van der Waals surface area contributed by atoms with E-state index in [1.807, 2.05) is 20.8 Å². The largest absolute Gasteiger partial charge is 0.484 e. The maximum atomic E-state index is 13.1. The molecular formula is C17H23FN2O4. The lowest BCUT2D eigenvalue weighted by Gasteiger charge is -2.35. The summed E-state index contributed by atoms with van der Waals surface area (Å²) >= 11 is 0. The number of amides is 2. The summed E-state index contributed by atoms with van der Waals surface area (Å²) in [7, 11) is 0. The normalized spacial score (nSPS) is 15.2. The van der Waals surface area contributed by atoms with Crippen molar-refractivity contribution in [1.82, 2.24) is 9.80 Å². The maximum absolute atomic E-state index is 13.1. The zero-order chi connectivity index (χ0) is 17.7. The fourth-order valence-electron chi connectivity index (χ4n) is 2.26. The average Bonchev–Trinajstić information content (AvgIpc) is 2.51. The first-order valence-corrected chi connectivity index (χ1v) is 7.89. The highest BCUT2D eigenvalue weighted by molar-refractivity contribution is 5.78. The van der Waals surface area contributed by atoms with Crippen LogP contribution in [-0.2, 0) is 9.53 Å². The van der Waals surface area contributed by atoms with Crippen LogP contribution in [0, 0.1) is 5.82 Å².